The summed E-state index contributed by atoms with van der Waals surface area (Å²) in [5.74, 6) is -7.64. The van der Waals surface area contributed by atoms with E-state index in [-0.39, 0.29) is 12.6 Å². The highest BCUT2D eigenvalue weighted by atomic mass is 19.4. The molecule has 0 aliphatic heterocycles. The fourth-order valence-electron chi connectivity index (χ4n) is 1.03. The minimum atomic E-state index is -5.86. The van der Waals surface area contributed by atoms with Crippen molar-refractivity contribution in [2.45, 2.75) is 38.4 Å². The summed E-state index contributed by atoms with van der Waals surface area (Å²) in [4.78, 5) is 12.6. The summed E-state index contributed by atoms with van der Waals surface area (Å²) in [7, 11) is 1.79. The van der Waals surface area contributed by atoms with E-state index >= 15 is 0 Å². The number of nitrogens with one attached hydrogen (secondary N) is 1. The van der Waals surface area contributed by atoms with Crippen LogP contribution >= 0.6 is 0 Å². The molecule has 0 aromatic heterocycles. The van der Waals surface area contributed by atoms with Crippen molar-refractivity contribution in [1.82, 2.24) is 10.2 Å². The second-order valence-electron chi connectivity index (χ2n) is 4.26. The zero-order valence-corrected chi connectivity index (χ0v) is 10.4. The number of alkyl halides is 5. The molecule has 0 unspecified atom stereocenters. The largest absolute Gasteiger partial charge is 0.463 e. The summed E-state index contributed by atoms with van der Waals surface area (Å²) in [6.45, 7) is 4.10. The normalized spacial score (nSPS) is 13.2. The van der Waals surface area contributed by atoms with E-state index in [0.717, 1.165) is 0 Å². The standard InChI is InChI=1S/C10H17F5N2O/c1-7(2)17(3)6-4-5-16-8(18)9(11,12)10(13,14)15/h7H,4-6H2,1-3H3,(H,16,18). The van der Waals surface area contributed by atoms with Crippen LogP contribution in [-0.2, 0) is 4.79 Å². The zero-order valence-electron chi connectivity index (χ0n) is 10.4. The molecule has 3 nitrogen and oxygen atoms in total. The first-order valence-corrected chi connectivity index (χ1v) is 5.43. The van der Waals surface area contributed by atoms with Crippen molar-refractivity contribution in [3.63, 3.8) is 0 Å². The Balaban J connectivity index is 4.06. The van der Waals surface area contributed by atoms with Gasteiger partial charge in [0, 0.05) is 12.6 Å². The second kappa shape index (κ2) is 6.31. The summed E-state index contributed by atoms with van der Waals surface area (Å²) in [6, 6.07) is 0.234. The molecule has 108 valence electrons. The average Bonchev–Trinajstić information content (AvgIpc) is 2.21. The van der Waals surface area contributed by atoms with Gasteiger partial charge in [0.15, 0.2) is 0 Å². The predicted octanol–water partition coefficient (Wildman–Crippen LogP) is 2.03. The number of hydrogen-bond donors (Lipinski definition) is 1. The van der Waals surface area contributed by atoms with Gasteiger partial charge >= 0.3 is 12.1 Å². The molecule has 0 aromatic rings. The minimum absolute atomic E-state index is 0.221. The van der Waals surface area contributed by atoms with Crippen LogP contribution in [0.3, 0.4) is 0 Å². The topological polar surface area (TPSA) is 32.3 Å². The van der Waals surface area contributed by atoms with Gasteiger partial charge in [-0.05, 0) is 33.9 Å². The van der Waals surface area contributed by atoms with Crippen LogP contribution in [0.1, 0.15) is 20.3 Å². The second-order valence-corrected chi connectivity index (χ2v) is 4.26. The van der Waals surface area contributed by atoms with E-state index < -0.39 is 18.0 Å². The van der Waals surface area contributed by atoms with E-state index in [4.69, 9.17) is 0 Å². The highest BCUT2D eigenvalue weighted by Crippen LogP contribution is 2.35. The van der Waals surface area contributed by atoms with Crippen LogP contribution in [-0.4, -0.2) is 49.1 Å². The van der Waals surface area contributed by atoms with Crippen molar-refractivity contribution in [2.24, 2.45) is 0 Å². The number of carbonyl (C=O) groups is 1. The smallest absolute Gasteiger partial charge is 0.351 e. The van der Waals surface area contributed by atoms with Crippen LogP contribution in [0.5, 0.6) is 0 Å². The van der Waals surface area contributed by atoms with E-state index in [2.05, 4.69) is 0 Å². The molecular formula is C10H17F5N2O. The van der Waals surface area contributed by atoms with Crippen LogP contribution in [0, 0.1) is 0 Å². The third kappa shape index (κ3) is 4.75. The Kier molecular flexibility index (Phi) is 5.98. The molecular weight excluding hydrogens is 259 g/mol. The van der Waals surface area contributed by atoms with Crippen LogP contribution in [0.2, 0.25) is 0 Å². The van der Waals surface area contributed by atoms with Crippen LogP contribution in [0.15, 0.2) is 0 Å². The third-order valence-corrected chi connectivity index (χ3v) is 2.50. The summed E-state index contributed by atoms with van der Waals surface area (Å²) >= 11 is 0. The first-order chi connectivity index (χ1) is 8.00. The van der Waals surface area contributed by atoms with Crippen molar-refractivity contribution in [2.75, 3.05) is 20.1 Å². The van der Waals surface area contributed by atoms with E-state index in [9.17, 15) is 26.7 Å². The number of nitrogens with zero attached hydrogens (tertiary/aromatic N) is 1. The molecule has 0 fully saturated rings. The molecule has 0 aromatic carbocycles. The predicted molar refractivity (Wildman–Crippen MR) is 56.4 cm³/mol. The third-order valence-electron chi connectivity index (χ3n) is 2.50. The molecule has 1 amide bonds. The summed E-state index contributed by atoms with van der Waals surface area (Å²) in [6.07, 6.45) is -5.56. The SMILES string of the molecule is CC(C)N(C)CCCNC(=O)C(F)(F)C(F)(F)F. The molecule has 8 heteroatoms. The fourth-order valence-corrected chi connectivity index (χ4v) is 1.03. The maximum Gasteiger partial charge on any atom is 0.463 e. The maximum atomic E-state index is 12.5. The van der Waals surface area contributed by atoms with Gasteiger partial charge in [-0.2, -0.15) is 22.0 Å². The van der Waals surface area contributed by atoms with Gasteiger partial charge in [-0.1, -0.05) is 0 Å². The first kappa shape index (κ1) is 17.1. The van der Waals surface area contributed by atoms with Crippen molar-refractivity contribution < 1.29 is 26.7 Å². The molecule has 1 N–H and O–H groups in total. The van der Waals surface area contributed by atoms with Crippen LogP contribution in [0.4, 0.5) is 22.0 Å². The van der Waals surface area contributed by atoms with Crippen molar-refractivity contribution >= 4 is 5.91 Å². The van der Waals surface area contributed by atoms with E-state index in [1.807, 2.05) is 18.7 Å². The van der Waals surface area contributed by atoms with E-state index in [0.29, 0.717) is 13.0 Å². The Morgan fingerprint density at radius 3 is 2.11 bits per heavy atom. The van der Waals surface area contributed by atoms with Crippen molar-refractivity contribution in [3.05, 3.63) is 0 Å². The molecule has 0 aliphatic carbocycles. The lowest BCUT2D eigenvalue weighted by atomic mass is 10.3. The molecule has 0 saturated carbocycles. The lowest BCUT2D eigenvalue weighted by molar-refractivity contribution is -0.269. The van der Waals surface area contributed by atoms with Gasteiger partial charge in [-0.3, -0.25) is 4.79 Å². The molecule has 0 heterocycles. The molecule has 0 rings (SSSR count). The Labute approximate surface area is 102 Å². The van der Waals surface area contributed by atoms with Gasteiger partial charge in [0.1, 0.15) is 0 Å². The van der Waals surface area contributed by atoms with Gasteiger partial charge < -0.3 is 10.2 Å². The highest BCUT2D eigenvalue weighted by molar-refractivity contribution is 5.84. The minimum Gasteiger partial charge on any atom is -0.351 e. The van der Waals surface area contributed by atoms with Gasteiger partial charge in [-0.25, -0.2) is 0 Å². The Morgan fingerprint density at radius 2 is 1.72 bits per heavy atom. The fraction of sp³-hybridized carbons (Fsp3) is 0.900. The number of hydrogen-bond acceptors (Lipinski definition) is 2. The Bertz CT molecular complexity index is 278. The van der Waals surface area contributed by atoms with Gasteiger partial charge in [0.25, 0.3) is 5.91 Å². The molecule has 0 bridgehead atoms. The number of rotatable bonds is 6. The Hall–Kier alpha value is -0.920. The van der Waals surface area contributed by atoms with Crippen molar-refractivity contribution in [3.8, 4) is 0 Å². The molecule has 0 saturated heterocycles. The van der Waals surface area contributed by atoms with E-state index in [1.54, 1.807) is 12.4 Å². The molecule has 0 radical (unpaired) electrons. The van der Waals surface area contributed by atoms with Crippen molar-refractivity contribution in [1.29, 1.82) is 0 Å². The molecule has 18 heavy (non-hydrogen) atoms. The van der Waals surface area contributed by atoms with E-state index in [1.165, 1.54) is 0 Å². The molecule has 0 aliphatic rings. The quantitative estimate of drug-likeness (QED) is 0.594. The number of amides is 1. The Morgan fingerprint density at radius 1 is 1.22 bits per heavy atom. The lowest BCUT2D eigenvalue weighted by Gasteiger charge is -2.21. The van der Waals surface area contributed by atoms with Gasteiger partial charge in [0.2, 0.25) is 0 Å². The van der Waals surface area contributed by atoms with Crippen LogP contribution < -0.4 is 5.32 Å². The monoisotopic (exact) mass is 276 g/mol. The molecule has 0 atom stereocenters. The maximum absolute atomic E-state index is 12.5. The highest BCUT2D eigenvalue weighted by Gasteiger charge is 2.63. The van der Waals surface area contributed by atoms with Gasteiger partial charge in [-0.15, -0.1) is 0 Å². The first-order valence-electron chi connectivity index (χ1n) is 5.43. The summed E-state index contributed by atoms with van der Waals surface area (Å²) < 4.78 is 60.4. The van der Waals surface area contributed by atoms with Gasteiger partial charge in [0.05, 0.1) is 0 Å². The number of halogens is 5. The summed E-state index contributed by atoms with van der Waals surface area (Å²) in [5.41, 5.74) is 0. The average molecular weight is 276 g/mol. The zero-order chi connectivity index (χ0) is 14.6. The lowest BCUT2D eigenvalue weighted by Crippen LogP contribution is -2.50. The van der Waals surface area contributed by atoms with Crippen LogP contribution in [0.25, 0.3) is 0 Å². The molecule has 0 spiro atoms. The number of carbonyl (C=O) groups excluding carboxylic acids is 1. The summed E-state index contributed by atoms with van der Waals surface area (Å²) in [5, 5.41) is 1.59.